The van der Waals surface area contributed by atoms with E-state index in [1.807, 2.05) is 24.3 Å². The molecule has 2 heterocycles. The molecule has 0 bridgehead atoms. The second kappa shape index (κ2) is 6.06. The van der Waals surface area contributed by atoms with Crippen LogP contribution in [0.4, 0.5) is 0 Å². The Morgan fingerprint density at radius 2 is 1.80 bits per heavy atom. The highest BCUT2D eigenvalue weighted by atomic mass is 16.3. The molecule has 4 rings (SSSR count). The molecule has 25 heavy (non-hydrogen) atoms. The third-order valence-corrected chi connectivity index (χ3v) is 4.45. The molecule has 0 aliphatic carbocycles. The highest BCUT2D eigenvalue weighted by Crippen LogP contribution is 2.31. The fourth-order valence-electron chi connectivity index (χ4n) is 2.97. The van der Waals surface area contributed by atoms with Crippen molar-refractivity contribution >= 4 is 5.65 Å². The van der Waals surface area contributed by atoms with Crippen molar-refractivity contribution in [1.29, 1.82) is 0 Å². The lowest BCUT2D eigenvalue weighted by Gasteiger charge is -2.08. The third-order valence-electron chi connectivity index (χ3n) is 4.45. The van der Waals surface area contributed by atoms with Crippen LogP contribution in [0, 0.1) is 6.92 Å². The predicted molar refractivity (Wildman–Crippen MR) is 99.6 cm³/mol. The molecule has 4 heteroatoms. The summed E-state index contributed by atoms with van der Waals surface area (Å²) in [6.07, 6.45) is 2.67. The molecule has 4 aromatic rings. The van der Waals surface area contributed by atoms with Crippen LogP contribution < -0.4 is 0 Å². The lowest BCUT2D eigenvalue weighted by atomic mass is 10.1. The molecule has 0 saturated carbocycles. The van der Waals surface area contributed by atoms with Crippen LogP contribution in [0.15, 0.2) is 60.8 Å². The average Bonchev–Trinajstić information content (AvgIpc) is 3.07. The number of phenolic OH excluding ortho intramolecular Hbond substituents is 1. The topological polar surface area (TPSA) is 50.4 Å². The maximum atomic E-state index is 10.3. The van der Waals surface area contributed by atoms with Gasteiger partial charge in [-0.2, -0.15) is 5.10 Å². The Morgan fingerprint density at radius 3 is 2.56 bits per heavy atom. The maximum absolute atomic E-state index is 10.3. The van der Waals surface area contributed by atoms with Gasteiger partial charge < -0.3 is 5.11 Å². The van der Waals surface area contributed by atoms with Gasteiger partial charge in [0.2, 0.25) is 0 Å². The third kappa shape index (κ3) is 2.76. The molecule has 0 fully saturated rings. The molecule has 0 amide bonds. The summed E-state index contributed by atoms with van der Waals surface area (Å²) in [5, 5.41) is 15.1. The van der Waals surface area contributed by atoms with Crippen molar-refractivity contribution in [2.45, 2.75) is 20.3 Å². The van der Waals surface area contributed by atoms with Crippen molar-refractivity contribution < 1.29 is 5.11 Å². The molecular formula is C21H19N3O. The van der Waals surface area contributed by atoms with Crippen LogP contribution in [0.1, 0.15) is 18.1 Å². The van der Waals surface area contributed by atoms with Gasteiger partial charge in [-0.25, -0.2) is 9.50 Å². The van der Waals surface area contributed by atoms with Gasteiger partial charge in [-0.3, -0.25) is 0 Å². The van der Waals surface area contributed by atoms with Crippen LogP contribution >= 0.6 is 0 Å². The number of hydrogen-bond acceptors (Lipinski definition) is 3. The van der Waals surface area contributed by atoms with Crippen LogP contribution in [0.5, 0.6) is 5.75 Å². The van der Waals surface area contributed by atoms with E-state index in [1.165, 1.54) is 11.1 Å². The van der Waals surface area contributed by atoms with Crippen molar-refractivity contribution in [1.82, 2.24) is 14.6 Å². The Bertz CT molecular complexity index is 1050. The zero-order valence-corrected chi connectivity index (χ0v) is 14.3. The van der Waals surface area contributed by atoms with E-state index in [9.17, 15) is 5.11 Å². The zero-order valence-electron chi connectivity index (χ0n) is 14.3. The Labute approximate surface area is 146 Å². The van der Waals surface area contributed by atoms with E-state index in [1.54, 1.807) is 16.8 Å². The van der Waals surface area contributed by atoms with Crippen molar-refractivity contribution in [3.63, 3.8) is 0 Å². The van der Waals surface area contributed by atoms with Gasteiger partial charge in [0.25, 0.3) is 0 Å². The molecule has 0 radical (unpaired) electrons. The molecule has 0 aliphatic heterocycles. The van der Waals surface area contributed by atoms with Crippen molar-refractivity contribution in [3.05, 3.63) is 71.9 Å². The standard InChI is InChI=1S/C21H19N3O/c1-3-15-6-9-20(25)17(12-15)19-10-11-22-21-13-18(23-24(19)21)16-7-4-14(2)5-8-16/h4-13,25H,3H2,1-2H3. The summed E-state index contributed by atoms with van der Waals surface area (Å²) >= 11 is 0. The smallest absolute Gasteiger partial charge is 0.156 e. The second-order valence-electron chi connectivity index (χ2n) is 6.20. The highest BCUT2D eigenvalue weighted by molar-refractivity contribution is 5.72. The van der Waals surface area contributed by atoms with E-state index in [0.717, 1.165) is 34.6 Å². The minimum absolute atomic E-state index is 0.247. The van der Waals surface area contributed by atoms with Gasteiger partial charge in [0.05, 0.1) is 11.4 Å². The average molecular weight is 329 g/mol. The van der Waals surface area contributed by atoms with Gasteiger partial charge in [0.1, 0.15) is 5.75 Å². The van der Waals surface area contributed by atoms with Gasteiger partial charge in [0.15, 0.2) is 5.65 Å². The van der Waals surface area contributed by atoms with E-state index >= 15 is 0 Å². The highest BCUT2D eigenvalue weighted by Gasteiger charge is 2.13. The number of rotatable bonds is 3. The monoisotopic (exact) mass is 329 g/mol. The predicted octanol–water partition coefficient (Wildman–Crippen LogP) is 4.64. The molecule has 4 nitrogen and oxygen atoms in total. The fourth-order valence-corrected chi connectivity index (χ4v) is 2.97. The number of nitrogens with zero attached hydrogens (tertiary/aromatic N) is 3. The Hall–Kier alpha value is -3.14. The quantitative estimate of drug-likeness (QED) is 0.596. The van der Waals surface area contributed by atoms with Crippen LogP contribution in [0.25, 0.3) is 28.2 Å². The molecular weight excluding hydrogens is 310 g/mol. The largest absolute Gasteiger partial charge is 0.507 e. The van der Waals surface area contributed by atoms with Gasteiger partial charge >= 0.3 is 0 Å². The summed E-state index contributed by atoms with van der Waals surface area (Å²) in [6.45, 7) is 4.16. The van der Waals surface area contributed by atoms with Crippen LogP contribution in [0.2, 0.25) is 0 Å². The lowest BCUT2D eigenvalue weighted by molar-refractivity contribution is 0.476. The second-order valence-corrected chi connectivity index (χ2v) is 6.20. The van der Waals surface area contributed by atoms with Crippen LogP contribution in [-0.4, -0.2) is 19.7 Å². The number of aromatic nitrogens is 3. The maximum Gasteiger partial charge on any atom is 0.156 e. The number of fused-ring (bicyclic) bond motifs is 1. The van der Waals surface area contributed by atoms with Crippen LogP contribution in [-0.2, 0) is 6.42 Å². The summed E-state index contributed by atoms with van der Waals surface area (Å²) in [7, 11) is 0. The Balaban J connectivity index is 1.90. The number of hydrogen-bond donors (Lipinski definition) is 1. The first kappa shape index (κ1) is 15.4. The first-order valence-corrected chi connectivity index (χ1v) is 8.40. The van der Waals surface area contributed by atoms with Gasteiger partial charge in [-0.15, -0.1) is 0 Å². The minimum Gasteiger partial charge on any atom is -0.507 e. The van der Waals surface area contributed by atoms with E-state index in [4.69, 9.17) is 5.10 Å². The zero-order chi connectivity index (χ0) is 17.4. The molecule has 124 valence electrons. The normalized spacial score (nSPS) is 11.1. The first-order chi connectivity index (χ1) is 12.2. The lowest BCUT2D eigenvalue weighted by Crippen LogP contribution is -1.96. The molecule has 0 unspecified atom stereocenters. The summed E-state index contributed by atoms with van der Waals surface area (Å²) < 4.78 is 1.80. The Morgan fingerprint density at radius 1 is 1.00 bits per heavy atom. The summed E-state index contributed by atoms with van der Waals surface area (Å²) in [5.74, 6) is 0.247. The van der Waals surface area contributed by atoms with E-state index in [0.29, 0.717) is 0 Å². The number of phenols is 1. The van der Waals surface area contributed by atoms with Crippen molar-refractivity contribution in [3.8, 4) is 28.3 Å². The van der Waals surface area contributed by atoms with Gasteiger partial charge in [-0.05, 0) is 37.1 Å². The molecule has 0 saturated heterocycles. The van der Waals surface area contributed by atoms with E-state index in [-0.39, 0.29) is 5.75 Å². The summed E-state index contributed by atoms with van der Waals surface area (Å²) in [6, 6.07) is 17.8. The van der Waals surface area contributed by atoms with E-state index < -0.39 is 0 Å². The molecule has 1 N–H and O–H groups in total. The first-order valence-electron chi connectivity index (χ1n) is 8.40. The molecule has 2 aromatic heterocycles. The van der Waals surface area contributed by atoms with Crippen LogP contribution in [0.3, 0.4) is 0 Å². The molecule has 0 spiro atoms. The Kier molecular flexibility index (Phi) is 3.73. The molecule has 0 atom stereocenters. The summed E-state index contributed by atoms with van der Waals surface area (Å²) in [4.78, 5) is 4.42. The number of benzene rings is 2. The van der Waals surface area contributed by atoms with Crippen molar-refractivity contribution in [2.75, 3.05) is 0 Å². The van der Waals surface area contributed by atoms with Crippen molar-refractivity contribution in [2.24, 2.45) is 0 Å². The SMILES string of the molecule is CCc1ccc(O)c(-c2ccnc3cc(-c4ccc(C)cc4)nn23)c1. The fraction of sp³-hybridized carbons (Fsp3) is 0.143. The minimum atomic E-state index is 0.247. The summed E-state index contributed by atoms with van der Waals surface area (Å²) in [5.41, 5.74) is 6.66. The number of aromatic hydroxyl groups is 1. The van der Waals surface area contributed by atoms with E-state index in [2.05, 4.69) is 43.1 Å². The number of aryl methyl sites for hydroxylation is 2. The molecule has 2 aromatic carbocycles. The van der Waals surface area contributed by atoms with Gasteiger partial charge in [-0.1, -0.05) is 42.8 Å². The van der Waals surface area contributed by atoms with Gasteiger partial charge in [0, 0.05) is 23.4 Å². The molecule has 0 aliphatic rings.